The zero-order valence-corrected chi connectivity index (χ0v) is 11.3. The van der Waals surface area contributed by atoms with Crippen molar-refractivity contribution in [1.82, 2.24) is 4.90 Å². The first-order chi connectivity index (χ1) is 8.65. The molecule has 2 rings (SSSR count). The number of benzene rings is 1. The minimum Gasteiger partial charge on any atom is -0.497 e. The van der Waals surface area contributed by atoms with Crippen molar-refractivity contribution in [3.05, 3.63) is 23.8 Å². The van der Waals surface area contributed by atoms with E-state index in [4.69, 9.17) is 15.2 Å². The lowest BCUT2D eigenvalue weighted by Crippen LogP contribution is -2.36. The summed E-state index contributed by atoms with van der Waals surface area (Å²) >= 11 is 0. The maximum absolute atomic E-state index is 6.05. The van der Waals surface area contributed by atoms with Crippen LogP contribution in [-0.4, -0.2) is 37.7 Å². The molecule has 0 bridgehead atoms. The first-order valence-electron chi connectivity index (χ1n) is 6.36. The molecule has 1 aliphatic heterocycles. The van der Waals surface area contributed by atoms with Gasteiger partial charge in [-0.2, -0.15) is 0 Å². The molecule has 2 N–H and O–H groups in total. The summed E-state index contributed by atoms with van der Waals surface area (Å²) in [6.07, 6.45) is 1.06. The molecule has 100 valence electrons. The Morgan fingerprint density at radius 3 is 2.67 bits per heavy atom. The lowest BCUT2D eigenvalue weighted by Gasteiger charge is -2.24. The number of hydrogen-bond acceptors (Lipinski definition) is 4. The Morgan fingerprint density at radius 1 is 1.33 bits per heavy atom. The molecule has 2 unspecified atom stereocenters. The Kier molecular flexibility index (Phi) is 4.09. The fraction of sp³-hybridized carbons (Fsp3) is 0.571. The molecule has 1 aliphatic rings. The molecule has 0 aromatic heterocycles. The van der Waals surface area contributed by atoms with Gasteiger partial charge in [0.15, 0.2) is 0 Å². The molecule has 1 heterocycles. The summed E-state index contributed by atoms with van der Waals surface area (Å²) in [5.41, 5.74) is 7.20. The van der Waals surface area contributed by atoms with E-state index in [9.17, 15) is 0 Å². The highest BCUT2D eigenvalue weighted by Crippen LogP contribution is 2.27. The van der Waals surface area contributed by atoms with Crippen LogP contribution >= 0.6 is 0 Å². The lowest BCUT2D eigenvalue weighted by atomic mass is 10.1. The minimum absolute atomic E-state index is 0.279. The summed E-state index contributed by atoms with van der Waals surface area (Å²) in [6, 6.07) is 6.61. The van der Waals surface area contributed by atoms with Crippen molar-refractivity contribution in [2.24, 2.45) is 5.73 Å². The predicted molar refractivity (Wildman–Crippen MR) is 72.0 cm³/mol. The Balaban J connectivity index is 2.17. The van der Waals surface area contributed by atoms with Gasteiger partial charge in [-0.1, -0.05) is 0 Å². The van der Waals surface area contributed by atoms with Crippen molar-refractivity contribution < 1.29 is 9.47 Å². The first kappa shape index (κ1) is 13.2. The Morgan fingerprint density at radius 2 is 2.11 bits per heavy atom. The summed E-state index contributed by atoms with van der Waals surface area (Å²) in [5, 5.41) is 0. The van der Waals surface area contributed by atoms with Gasteiger partial charge in [0.1, 0.15) is 11.5 Å². The fourth-order valence-electron chi connectivity index (χ4n) is 2.48. The number of nitrogens with zero attached hydrogens (tertiary/aromatic N) is 1. The highest BCUT2D eigenvalue weighted by atomic mass is 16.5. The molecular formula is C14H22N2O2. The van der Waals surface area contributed by atoms with Crippen LogP contribution < -0.4 is 15.2 Å². The summed E-state index contributed by atoms with van der Waals surface area (Å²) in [5.74, 6) is 1.77. The molecular weight excluding hydrogens is 228 g/mol. The van der Waals surface area contributed by atoms with Gasteiger partial charge in [-0.05, 0) is 31.5 Å². The van der Waals surface area contributed by atoms with Gasteiger partial charge in [-0.15, -0.1) is 0 Å². The van der Waals surface area contributed by atoms with Crippen LogP contribution in [0.25, 0.3) is 0 Å². The zero-order valence-electron chi connectivity index (χ0n) is 11.3. The van der Waals surface area contributed by atoms with Gasteiger partial charge in [0.25, 0.3) is 0 Å². The van der Waals surface area contributed by atoms with E-state index in [1.165, 1.54) is 0 Å². The molecule has 0 amide bonds. The molecule has 1 aromatic carbocycles. The highest BCUT2D eigenvalue weighted by Gasteiger charge is 2.28. The molecule has 0 saturated carbocycles. The molecule has 1 aromatic rings. The summed E-state index contributed by atoms with van der Waals surface area (Å²) in [6.45, 7) is 4.09. The molecule has 1 fully saturated rings. The van der Waals surface area contributed by atoms with E-state index in [-0.39, 0.29) is 6.04 Å². The Hall–Kier alpha value is -1.26. The van der Waals surface area contributed by atoms with Crippen molar-refractivity contribution in [3.8, 4) is 11.5 Å². The normalized spacial score (nSPS) is 24.2. The quantitative estimate of drug-likeness (QED) is 0.882. The predicted octanol–water partition coefficient (Wildman–Crippen LogP) is 1.63. The third-order valence-corrected chi connectivity index (χ3v) is 3.81. The van der Waals surface area contributed by atoms with E-state index in [2.05, 4.69) is 11.8 Å². The lowest BCUT2D eigenvalue weighted by molar-refractivity contribution is 0.247. The van der Waals surface area contributed by atoms with Crippen LogP contribution in [0.5, 0.6) is 11.5 Å². The Labute approximate surface area is 109 Å². The minimum atomic E-state index is 0.279. The molecule has 1 saturated heterocycles. The largest absolute Gasteiger partial charge is 0.497 e. The number of likely N-dealkylation sites (tertiary alicyclic amines) is 1. The van der Waals surface area contributed by atoms with Crippen molar-refractivity contribution >= 4 is 0 Å². The number of ether oxygens (including phenoxy) is 2. The smallest absolute Gasteiger partial charge is 0.123 e. The van der Waals surface area contributed by atoms with Gasteiger partial charge in [0, 0.05) is 30.7 Å². The highest BCUT2D eigenvalue weighted by molar-refractivity contribution is 5.40. The Bertz CT molecular complexity index is 409. The third kappa shape index (κ3) is 2.60. The van der Waals surface area contributed by atoms with E-state index < -0.39 is 0 Å². The molecule has 4 heteroatoms. The second kappa shape index (κ2) is 5.59. The molecule has 0 radical (unpaired) electrons. The standard InChI is InChI=1S/C14H22N2O2/c1-10-13(15)6-7-16(10)9-11-8-12(17-2)4-5-14(11)18-3/h4-5,8,10,13H,6-7,9,15H2,1-3H3. The van der Waals surface area contributed by atoms with Crippen LogP contribution in [0, 0.1) is 0 Å². The topological polar surface area (TPSA) is 47.7 Å². The van der Waals surface area contributed by atoms with Crippen molar-refractivity contribution in [1.29, 1.82) is 0 Å². The van der Waals surface area contributed by atoms with Gasteiger partial charge >= 0.3 is 0 Å². The van der Waals surface area contributed by atoms with E-state index in [1.54, 1.807) is 14.2 Å². The second-order valence-corrected chi connectivity index (χ2v) is 4.84. The molecule has 4 nitrogen and oxygen atoms in total. The maximum Gasteiger partial charge on any atom is 0.123 e. The number of rotatable bonds is 4. The summed E-state index contributed by atoms with van der Waals surface area (Å²) < 4.78 is 10.7. The van der Waals surface area contributed by atoms with E-state index in [1.807, 2.05) is 18.2 Å². The van der Waals surface area contributed by atoms with Crippen molar-refractivity contribution in [3.63, 3.8) is 0 Å². The first-order valence-corrected chi connectivity index (χ1v) is 6.36. The van der Waals surface area contributed by atoms with Crippen LogP contribution in [0.4, 0.5) is 0 Å². The average Bonchev–Trinajstić information content (AvgIpc) is 2.70. The zero-order chi connectivity index (χ0) is 13.1. The SMILES string of the molecule is COc1ccc(OC)c(CN2CCC(N)C2C)c1. The van der Waals surface area contributed by atoms with Crippen LogP contribution in [0.1, 0.15) is 18.9 Å². The summed E-state index contributed by atoms with van der Waals surface area (Å²) in [4.78, 5) is 2.39. The third-order valence-electron chi connectivity index (χ3n) is 3.81. The number of methoxy groups -OCH3 is 2. The average molecular weight is 250 g/mol. The maximum atomic E-state index is 6.05. The fourth-order valence-corrected chi connectivity index (χ4v) is 2.48. The summed E-state index contributed by atoms with van der Waals surface area (Å²) in [7, 11) is 3.38. The molecule has 2 atom stereocenters. The van der Waals surface area contributed by atoms with Crippen LogP contribution in [0.3, 0.4) is 0 Å². The number of nitrogens with two attached hydrogens (primary N) is 1. The van der Waals surface area contributed by atoms with Crippen molar-refractivity contribution in [2.45, 2.75) is 32.0 Å². The van der Waals surface area contributed by atoms with Gasteiger partial charge in [-0.25, -0.2) is 0 Å². The van der Waals surface area contributed by atoms with E-state index in [0.717, 1.165) is 36.6 Å². The van der Waals surface area contributed by atoms with Gasteiger partial charge in [0.2, 0.25) is 0 Å². The van der Waals surface area contributed by atoms with Gasteiger partial charge in [-0.3, -0.25) is 4.90 Å². The molecule has 0 spiro atoms. The van der Waals surface area contributed by atoms with Gasteiger partial charge in [0.05, 0.1) is 14.2 Å². The van der Waals surface area contributed by atoms with Crippen molar-refractivity contribution in [2.75, 3.05) is 20.8 Å². The second-order valence-electron chi connectivity index (χ2n) is 4.84. The van der Waals surface area contributed by atoms with E-state index >= 15 is 0 Å². The van der Waals surface area contributed by atoms with Crippen LogP contribution in [-0.2, 0) is 6.54 Å². The van der Waals surface area contributed by atoms with Crippen LogP contribution in [0.15, 0.2) is 18.2 Å². The number of hydrogen-bond donors (Lipinski definition) is 1. The van der Waals surface area contributed by atoms with Crippen LogP contribution in [0.2, 0.25) is 0 Å². The molecule has 18 heavy (non-hydrogen) atoms. The molecule has 0 aliphatic carbocycles. The van der Waals surface area contributed by atoms with E-state index in [0.29, 0.717) is 6.04 Å². The monoisotopic (exact) mass is 250 g/mol. The van der Waals surface area contributed by atoms with Gasteiger partial charge < -0.3 is 15.2 Å².